The maximum absolute atomic E-state index is 13.9. The van der Waals surface area contributed by atoms with Gasteiger partial charge in [-0.1, -0.05) is 60.9 Å². The minimum atomic E-state index is -2.58. The Morgan fingerprint density at radius 3 is 1.94 bits per heavy atom. The van der Waals surface area contributed by atoms with Crippen molar-refractivity contribution < 1.29 is 28.4 Å². The highest BCUT2D eigenvalue weighted by Crippen LogP contribution is 2.41. The lowest BCUT2D eigenvalue weighted by Crippen LogP contribution is -2.20. The second-order valence-electron chi connectivity index (χ2n) is 7.51. The average Bonchev–Trinajstić information content (AvgIpc) is 2.90. The van der Waals surface area contributed by atoms with Crippen molar-refractivity contribution in [1.82, 2.24) is 0 Å². The van der Waals surface area contributed by atoms with Crippen LogP contribution in [0.2, 0.25) is 0 Å². The minimum absolute atomic E-state index is 0.0795. The van der Waals surface area contributed by atoms with Crippen LogP contribution in [-0.2, 0) is 17.4 Å². The van der Waals surface area contributed by atoms with Crippen LogP contribution in [0.4, 0.5) is 0 Å². The summed E-state index contributed by atoms with van der Waals surface area (Å²) in [5.74, 6) is 0.686. The third-order valence-electron chi connectivity index (χ3n) is 5.70. The number of ether oxygens (including phenoxy) is 3. The number of methoxy groups -OCH3 is 3. The molecule has 1 atom stereocenters. The van der Waals surface area contributed by atoms with Gasteiger partial charge in [-0.25, -0.2) is 4.79 Å². The molecule has 1 unspecified atom stereocenters. The van der Waals surface area contributed by atoms with Crippen LogP contribution in [0.25, 0.3) is 0 Å². The van der Waals surface area contributed by atoms with Gasteiger partial charge in [0, 0.05) is 34.4 Å². The van der Waals surface area contributed by atoms with Gasteiger partial charge in [-0.2, -0.15) is 0 Å². The van der Waals surface area contributed by atoms with Crippen molar-refractivity contribution in [3.8, 4) is 17.2 Å². The maximum atomic E-state index is 13.9. The smallest absolute Gasteiger partial charge is 0.459 e. The summed E-state index contributed by atoms with van der Waals surface area (Å²) in [6.45, 7) is 3.82. The van der Waals surface area contributed by atoms with Crippen molar-refractivity contribution in [2.45, 2.75) is 26.7 Å². The van der Waals surface area contributed by atoms with Crippen LogP contribution in [0.3, 0.4) is 0 Å². The standard InChI is InChI=1S/C27H28O6P/c1-6-17-13-14-21(25(28)18-11-9-8-10-12-18)20(7-2)26(17)34(30)27(29)24-22(32-4)15-19(31-3)16-23(24)33-5/h8-16H,6-7H2,1-5H3/q+1. The Bertz CT molecular complexity index is 1210. The number of carbonyl (C=O) groups is 2. The molecule has 0 fully saturated rings. The Balaban J connectivity index is 2.19. The molecule has 0 saturated heterocycles. The van der Waals surface area contributed by atoms with E-state index in [9.17, 15) is 14.2 Å². The molecule has 3 aromatic rings. The van der Waals surface area contributed by atoms with Gasteiger partial charge in [0.2, 0.25) is 5.30 Å². The zero-order valence-electron chi connectivity index (χ0n) is 20.0. The second-order valence-corrected chi connectivity index (χ2v) is 8.95. The molecular weight excluding hydrogens is 451 g/mol. The van der Waals surface area contributed by atoms with E-state index in [-0.39, 0.29) is 22.8 Å². The van der Waals surface area contributed by atoms with Crippen LogP contribution in [-0.4, -0.2) is 32.6 Å². The lowest BCUT2D eigenvalue weighted by molar-refractivity contribution is 0.103. The Hall–Kier alpha value is -3.50. The summed E-state index contributed by atoms with van der Waals surface area (Å²) in [7, 11) is 1.76. The van der Waals surface area contributed by atoms with E-state index in [4.69, 9.17) is 14.2 Å². The molecule has 6 nitrogen and oxygen atoms in total. The van der Waals surface area contributed by atoms with Crippen molar-refractivity contribution >= 4 is 24.4 Å². The van der Waals surface area contributed by atoms with E-state index in [1.165, 1.54) is 21.3 Å². The average molecular weight is 479 g/mol. The van der Waals surface area contributed by atoms with Crippen molar-refractivity contribution in [3.63, 3.8) is 0 Å². The fourth-order valence-corrected chi connectivity index (χ4v) is 5.60. The zero-order chi connectivity index (χ0) is 24.8. The second kappa shape index (κ2) is 11.1. The molecule has 0 heterocycles. The molecule has 7 heteroatoms. The number of rotatable bonds is 10. The predicted octanol–water partition coefficient (Wildman–Crippen LogP) is 5.36. The van der Waals surface area contributed by atoms with E-state index in [2.05, 4.69) is 0 Å². The number of carbonyl (C=O) groups excluding carboxylic acids is 2. The van der Waals surface area contributed by atoms with E-state index in [0.29, 0.717) is 40.6 Å². The van der Waals surface area contributed by atoms with Crippen LogP contribution in [0.1, 0.15) is 51.3 Å². The van der Waals surface area contributed by atoms with Crippen LogP contribution in [0, 0.1) is 0 Å². The molecule has 3 aromatic carbocycles. The Morgan fingerprint density at radius 1 is 0.824 bits per heavy atom. The predicted molar refractivity (Wildman–Crippen MR) is 133 cm³/mol. The van der Waals surface area contributed by atoms with Crippen LogP contribution >= 0.6 is 7.80 Å². The molecule has 3 rings (SSSR count). The fourth-order valence-electron chi connectivity index (χ4n) is 3.96. The van der Waals surface area contributed by atoms with Crippen molar-refractivity contribution in [2.75, 3.05) is 21.3 Å². The molecule has 0 aliphatic carbocycles. The van der Waals surface area contributed by atoms with Crippen LogP contribution in [0.15, 0.2) is 54.6 Å². The zero-order valence-corrected chi connectivity index (χ0v) is 20.9. The van der Waals surface area contributed by atoms with Gasteiger partial charge >= 0.3 is 13.3 Å². The molecule has 0 spiro atoms. The number of ketones is 1. The number of aryl methyl sites for hydroxylation is 1. The molecule has 0 aliphatic heterocycles. The summed E-state index contributed by atoms with van der Waals surface area (Å²) < 4.78 is 29.9. The van der Waals surface area contributed by atoms with Crippen LogP contribution < -0.4 is 19.5 Å². The molecular formula is C27H28O6P+. The van der Waals surface area contributed by atoms with Gasteiger partial charge in [-0.3, -0.25) is 4.79 Å². The minimum Gasteiger partial charge on any atom is -0.496 e. The summed E-state index contributed by atoms with van der Waals surface area (Å²) >= 11 is 0. The topological polar surface area (TPSA) is 78.9 Å². The van der Waals surface area contributed by atoms with Crippen LogP contribution in [0.5, 0.6) is 17.2 Å². The van der Waals surface area contributed by atoms with Crippen molar-refractivity contribution in [3.05, 3.63) is 82.4 Å². The normalized spacial score (nSPS) is 11.0. The first-order valence-electron chi connectivity index (χ1n) is 11.0. The highest BCUT2D eigenvalue weighted by atomic mass is 31.1. The van der Waals surface area contributed by atoms with E-state index >= 15 is 0 Å². The number of hydrogen-bond donors (Lipinski definition) is 0. The molecule has 176 valence electrons. The molecule has 34 heavy (non-hydrogen) atoms. The molecule has 0 saturated carbocycles. The van der Waals surface area contributed by atoms with Gasteiger partial charge in [0.1, 0.15) is 17.2 Å². The Labute approximate surface area is 200 Å². The van der Waals surface area contributed by atoms with Gasteiger partial charge in [-0.05, 0) is 12.8 Å². The summed E-state index contributed by atoms with van der Waals surface area (Å²) in [5, 5.41) is 0.409. The maximum Gasteiger partial charge on any atom is 0.459 e. The van der Waals surface area contributed by atoms with Gasteiger partial charge in [0.05, 0.1) is 21.3 Å². The van der Waals surface area contributed by atoms with E-state index < -0.39 is 13.3 Å². The highest BCUT2D eigenvalue weighted by molar-refractivity contribution is 7.71. The Morgan fingerprint density at radius 2 is 1.44 bits per heavy atom. The number of benzene rings is 3. The van der Waals surface area contributed by atoms with Crippen molar-refractivity contribution in [1.29, 1.82) is 0 Å². The quantitative estimate of drug-likeness (QED) is 0.288. The summed E-state index contributed by atoms with van der Waals surface area (Å²) in [5.41, 5.74) is 1.82. The lowest BCUT2D eigenvalue weighted by Gasteiger charge is -2.13. The third kappa shape index (κ3) is 4.73. The van der Waals surface area contributed by atoms with Crippen molar-refractivity contribution in [2.24, 2.45) is 0 Å². The molecule has 0 bridgehead atoms. The molecule has 0 aliphatic rings. The van der Waals surface area contributed by atoms with Gasteiger partial charge in [-0.15, -0.1) is 0 Å². The van der Waals surface area contributed by atoms with Gasteiger partial charge in [0.25, 0.3) is 0 Å². The third-order valence-corrected chi connectivity index (χ3v) is 7.25. The van der Waals surface area contributed by atoms with Gasteiger partial charge < -0.3 is 14.2 Å². The summed E-state index contributed by atoms with van der Waals surface area (Å²) in [6, 6.07) is 15.6. The SMILES string of the molecule is CCc1ccc(C(=O)c2ccccc2)c(CC)c1[P+](=O)C(=O)c1c(OC)cc(OC)cc1OC. The molecule has 0 amide bonds. The van der Waals surface area contributed by atoms with E-state index in [1.807, 2.05) is 19.9 Å². The highest BCUT2D eigenvalue weighted by Gasteiger charge is 2.42. The van der Waals surface area contributed by atoms with E-state index in [0.717, 1.165) is 5.56 Å². The largest absolute Gasteiger partial charge is 0.496 e. The van der Waals surface area contributed by atoms with Gasteiger partial charge in [0.15, 0.2) is 11.3 Å². The first kappa shape index (κ1) is 25.1. The van der Waals surface area contributed by atoms with E-state index in [1.54, 1.807) is 48.5 Å². The molecule has 0 radical (unpaired) electrons. The number of hydrogen-bond acceptors (Lipinski definition) is 6. The first-order chi connectivity index (χ1) is 16.4. The monoisotopic (exact) mass is 479 g/mol. The summed E-state index contributed by atoms with van der Waals surface area (Å²) in [4.78, 5) is 26.9. The first-order valence-corrected chi connectivity index (χ1v) is 12.2. The Kier molecular flexibility index (Phi) is 8.19. The summed E-state index contributed by atoms with van der Waals surface area (Å²) in [6.07, 6.45) is 1.01. The molecule has 0 N–H and O–H groups in total. The lowest BCUT2D eigenvalue weighted by atomic mass is 9.94. The fraction of sp³-hybridized carbons (Fsp3) is 0.259. The molecule has 0 aromatic heterocycles.